The molecule has 0 fully saturated rings. The van der Waals surface area contributed by atoms with Gasteiger partial charge in [-0.2, -0.15) is 10.5 Å². The Morgan fingerprint density at radius 2 is 1.23 bits per heavy atom. The second kappa shape index (κ2) is 11.9. The van der Waals surface area contributed by atoms with Crippen LogP contribution in [0.15, 0.2) is 30.3 Å². The highest BCUT2D eigenvalue weighted by molar-refractivity contribution is 8.05. The average Bonchev–Trinajstić information content (AvgIpc) is 2.70. The van der Waals surface area contributed by atoms with Crippen LogP contribution in [-0.2, 0) is 6.42 Å². The highest BCUT2D eigenvalue weighted by Gasteiger charge is 2.49. The molecule has 2 nitrogen and oxygen atoms in total. The highest BCUT2D eigenvalue weighted by Crippen LogP contribution is 2.45. The van der Waals surface area contributed by atoms with Gasteiger partial charge in [0.2, 0.25) is 0 Å². The lowest BCUT2D eigenvalue weighted by molar-refractivity contribution is 0.927. The number of hydrogen-bond acceptors (Lipinski definition) is 4. The van der Waals surface area contributed by atoms with Crippen LogP contribution in [0.1, 0.15) is 33.3 Å². The van der Waals surface area contributed by atoms with Crippen molar-refractivity contribution in [1.82, 2.24) is 0 Å². The molecule has 1 rings (SSSR count). The van der Waals surface area contributed by atoms with Crippen molar-refractivity contribution < 1.29 is 0 Å². The molecule has 1 aromatic rings. The molecule has 0 saturated carbocycles. The summed E-state index contributed by atoms with van der Waals surface area (Å²) in [6, 6.07) is 15.8. The third-order valence-electron chi connectivity index (χ3n) is 6.43. The third kappa shape index (κ3) is 5.66. The van der Waals surface area contributed by atoms with E-state index in [1.54, 1.807) is 0 Å². The summed E-state index contributed by atoms with van der Waals surface area (Å²) in [5.41, 5.74) is 1.43. The third-order valence-corrected chi connectivity index (χ3v) is 25.1. The van der Waals surface area contributed by atoms with Gasteiger partial charge in [-0.05, 0) is 40.7 Å². The summed E-state index contributed by atoms with van der Waals surface area (Å²) in [5, 5.41) is 26.0. The second-order valence-corrected chi connectivity index (χ2v) is 20.6. The summed E-state index contributed by atoms with van der Waals surface area (Å²) in [6.45, 7) is 9.42. The molecule has 0 aromatic heterocycles. The average molecular weight is 421 g/mol. The fourth-order valence-corrected chi connectivity index (χ4v) is 25.5. The zero-order valence-corrected chi connectivity index (χ0v) is 20.3. The Balaban J connectivity index is 3.42. The van der Waals surface area contributed by atoms with E-state index in [0.29, 0.717) is 0 Å². The molecule has 0 atom stereocenters. The smallest absolute Gasteiger partial charge is 0.133 e. The first kappa shape index (κ1) is 23.4. The van der Waals surface area contributed by atoms with Crippen LogP contribution in [0.3, 0.4) is 0 Å². The molecule has 0 aliphatic carbocycles. The van der Waals surface area contributed by atoms with E-state index in [0.717, 1.165) is 22.3 Å². The van der Waals surface area contributed by atoms with Gasteiger partial charge in [0.1, 0.15) is 10.8 Å². The van der Waals surface area contributed by atoms with Gasteiger partial charge in [0.05, 0.1) is 16.1 Å². The van der Waals surface area contributed by atoms with E-state index >= 15 is 0 Å². The monoisotopic (exact) mass is 420 g/mol. The molecule has 0 bridgehead atoms. The zero-order chi connectivity index (χ0) is 19.5. The molecule has 6 heteroatoms. The van der Waals surface area contributed by atoms with Gasteiger partial charge in [0.15, 0.2) is 0 Å². The van der Waals surface area contributed by atoms with Crippen molar-refractivity contribution in [3.8, 4) is 10.8 Å². The molecule has 0 spiro atoms. The lowest BCUT2D eigenvalue weighted by Crippen LogP contribution is -2.57. The zero-order valence-electron chi connectivity index (χ0n) is 16.6. The van der Waals surface area contributed by atoms with Crippen LogP contribution in [0.5, 0.6) is 0 Å². The van der Waals surface area contributed by atoms with Crippen molar-refractivity contribution in [2.75, 3.05) is 10.8 Å². The van der Waals surface area contributed by atoms with E-state index in [1.165, 1.54) is 53.3 Å². The highest BCUT2D eigenvalue weighted by atomic mass is 32.2. The Morgan fingerprint density at radius 3 is 1.58 bits per heavy atom. The molecule has 0 aliphatic heterocycles. The number of rotatable bonds is 12. The van der Waals surface area contributed by atoms with Crippen LogP contribution in [-0.4, -0.2) is 26.9 Å². The number of nitriles is 2. The number of thiocyanates is 2. The Bertz CT molecular complexity index is 568. The summed E-state index contributed by atoms with van der Waals surface area (Å²) in [7, 11) is -3.25. The summed E-state index contributed by atoms with van der Waals surface area (Å²) in [6.07, 6.45) is 1.14. The summed E-state index contributed by atoms with van der Waals surface area (Å²) >= 11 is 2.96. The molecular formula is C20H32N2S2Si2. The second-order valence-electron chi connectivity index (χ2n) is 7.14. The minimum Gasteiger partial charge on any atom is -0.185 e. The van der Waals surface area contributed by atoms with E-state index in [9.17, 15) is 10.5 Å². The first-order valence-corrected chi connectivity index (χ1v) is 17.0. The van der Waals surface area contributed by atoms with Gasteiger partial charge in [0.25, 0.3) is 0 Å². The van der Waals surface area contributed by atoms with Gasteiger partial charge < -0.3 is 0 Å². The summed E-state index contributed by atoms with van der Waals surface area (Å²) in [5.74, 6) is 0. The standard InChI is InChI=1S/C20H32N2S2Si2/c1-5-25(6-2,17-23-15-21)20(14-19-12-10-9-11-13-19)26(7-3,8-4)18-24-16-22/h9-13,20H,5-8,14,17-18H2,1-4H3. The Kier molecular flexibility index (Phi) is 10.7. The van der Waals surface area contributed by atoms with Gasteiger partial charge in [-0.3, -0.25) is 0 Å². The van der Waals surface area contributed by atoms with E-state index in [-0.39, 0.29) is 0 Å². The predicted molar refractivity (Wildman–Crippen MR) is 123 cm³/mol. The molecule has 0 N–H and O–H groups in total. The van der Waals surface area contributed by atoms with Gasteiger partial charge in [-0.25, -0.2) is 0 Å². The Labute approximate surface area is 170 Å². The minimum atomic E-state index is -1.62. The molecule has 26 heavy (non-hydrogen) atoms. The first-order chi connectivity index (χ1) is 12.6. The van der Waals surface area contributed by atoms with Crippen molar-refractivity contribution in [2.45, 2.75) is 63.5 Å². The lowest BCUT2D eigenvalue weighted by atomic mass is 10.2. The molecule has 0 radical (unpaired) electrons. The van der Waals surface area contributed by atoms with E-state index < -0.39 is 16.1 Å². The van der Waals surface area contributed by atoms with Crippen molar-refractivity contribution in [2.24, 2.45) is 0 Å². The van der Waals surface area contributed by atoms with Crippen molar-refractivity contribution in [3.63, 3.8) is 0 Å². The molecule has 142 valence electrons. The van der Waals surface area contributed by atoms with Crippen molar-refractivity contribution in [1.29, 1.82) is 10.5 Å². The largest absolute Gasteiger partial charge is 0.185 e. The van der Waals surface area contributed by atoms with Gasteiger partial charge in [-0.1, -0.05) is 82.2 Å². The Hall–Kier alpha value is -0.666. The predicted octanol–water partition coefficient (Wildman–Crippen LogP) is 6.62. The van der Waals surface area contributed by atoms with Crippen LogP contribution >= 0.6 is 23.5 Å². The molecule has 0 saturated heterocycles. The van der Waals surface area contributed by atoms with Crippen LogP contribution in [0.2, 0.25) is 29.3 Å². The van der Waals surface area contributed by atoms with Crippen molar-refractivity contribution in [3.05, 3.63) is 35.9 Å². The maximum Gasteiger partial charge on any atom is 0.133 e. The SMILES string of the molecule is CC[Si](CC)(CSC#N)C(Cc1ccccc1)[Si](CC)(CC)CSC#N. The maximum atomic E-state index is 9.25. The lowest BCUT2D eigenvalue weighted by Gasteiger charge is -2.48. The normalized spacial score (nSPS) is 12.0. The quantitative estimate of drug-likeness (QED) is 0.281. The molecule has 0 amide bonds. The van der Waals surface area contributed by atoms with E-state index in [4.69, 9.17) is 0 Å². The summed E-state index contributed by atoms with van der Waals surface area (Å²) in [4.78, 5) is 0. The van der Waals surface area contributed by atoms with Gasteiger partial charge >= 0.3 is 0 Å². The fourth-order valence-electron chi connectivity index (χ4n) is 4.38. The van der Waals surface area contributed by atoms with Gasteiger partial charge in [-0.15, -0.1) is 0 Å². The number of hydrogen-bond donors (Lipinski definition) is 0. The van der Waals surface area contributed by atoms with Crippen LogP contribution < -0.4 is 0 Å². The Morgan fingerprint density at radius 1 is 0.808 bits per heavy atom. The molecule has 0 aliphatic rings. The molecule has 0 unspecified atom stereocenters. The topological polar surface area (TPSA) is 47.6 Å². The van der Waals surface area contributed by atoms with Crippen LogP contribution in [0, 0.1) is 21.3 Å². The maximum absolute atomic E-state index is 9.25. The first-order valence-electron chi connectivity index (χ1n) is 9.63. The summed E-state index contributed by atoms with van der Waals surface area (Å²) < 4.78 is 0. The van der Waals surface area contributed by atoms with Crippen molar-refractivity contribution >= 4 is 39.7 Å². The number of nitrogens with zero attached hydrogens (tertiary/aromatic N) is 2. The van der Waals surface area contributed by atoms with E-state index in [2.05, 4.69) is 68.8 Å². The van der Waals surface area contributed by atoms with Crippen LogP contribution in [0.25, 0.3) is 0 Å². The minimum absolute atomic E-state index is 0.726. The fraction of sp³-hybridized carbons (Fsp3) is 0.600. The number of thioether (sulfide) groups is 2. The van der Waals surface area contributed by atoms with E-state index in [1.807, 2.05) is 0 Å². The molecule has 1 aromatic carbocycles. The molecule has 0 heterocycles. The molecular weight excluding hydrogens is 389 g/mol. The number of benzene rings is 1. The van der Waals surface area contributed by atoms with Crippen LogP contribution in [0.4, 0.5) is 0 Å². The van der Waals surface area contributed by atoms with Gasteiger partial charge in [0, 0.05) is 10.8 Å².